The second-order valence-electron chi connectivity index (χ2n) is 4.93. The van der Waals surface area contributed by atoms with E-state index in [1.54, 1.807) is 23.7 Å². The van der Waals surface area contributed by atoms with Gasteiger partial charge in [0.1, 0.15) is 10.4 Å². The van der Waals surface area contributed by atoms with Crippen LogP contribution >= 0.6 is 27.3 Å². The van der Waals surface area contributed by atoms with Gasteiger partial charge in [0.2, 0.25) is 0 Å². The predicted molar refractivity (Wildman–Crippen MR) is 94.9 cm³/mol. The summed E-state index contributed by atoms with van der Waals surface area (Å²) in [6, 6.07) is 6.72. The van der Waals surface area contributed by atoms with Crippen LogP contribution < -0.4 is 10.6 Å². The zero-order valence-electron chi connectivity index (χ0n) is 12.6. The molecule has 0 atom stereocenters. The van der Waals surface area contributed by atoms with Gasteiger partial charge in [0.05, 0.1) is 5.56 Å². The Kier molecular flexibility index (Phi) is 5.34. The molecule has 1 amide bonds. The number of amides is 1. The fourth-order valence-corrected chi connectivity index (χ4v) is 3.17. The molecule has 3 rings (SSSR count). The van der Waals surface area contributed by atoms with Crippen LogP contribution in [0.1, 0.15) is 15.9 Å². The summed E-state index contributed by atoms with van der Waals surface area (Å²) in [7, 11) is 0. The van der Waals surface area contributed by atoms with Gasteiger partial charge < -0.3 is 10.6 Å². The average molecular weight is 425 g/mol. The lowest BCUT2D eigenvalue weighted by molar-refractivity contribution is 0.0951. The van der Waals surface area contributed by atoms with Crippen molar-refractivity contribution >= 4 is 44.1 Å². The SMILES string of the molecule is O=C(NCc1ccc(F)c(F)c1)c1cccnc1Nc1nc(Br)cs1. The number of thiazole rings is 1. The number of nitrogens with zero attached hydrogens (tertiary/aromatic N) is 2. The summed E-state index contributed by atoms with van der Waals surface area (Å²) in [6.45, 7) is 0.0627. The first-order valence-corrected chi connectivity index (χ1v) is 8.75. The van der Waals surface area contributed by atoms with Crippen molar-refractivity contribution < 1.29 is 13.6 Å². The molecule has 0 aliphatic rings. The first-order chi connectivity index (χ1) is 12.0. The summed E-state index contributed by atoms with van der Waals surface area (Å²) in [4.78, 5) is 20.7. The molecule has 0 radical (unpaired) electrons. The van der Waals surface area contributed by atoms with Crippen molar-refractivity contribution in [2.24, 2.45) is 0 Å². The van der Waals surface area contributed by atoms with Crippen LogP contribution in [-0.2, 0) is 6.54 Å². The fraction of sp³-hybridized carbons (Fsp3) is 0.0625. The Balaban J connectivity index is 1.72. The van der Waals surface area contributed by atoms with E-state index in [0.29, 0.717) is 26.7 Å². The highest BCUT2D eigenvalue weighted by atomic mass is 79.9. The molecule has 9 heteroatoms. The van der Waals surface area contributed by atoms with Crippen LogP contribution in [-0.4, -0.2) is 15.9 Å². The van der Waals surface area contributed by atoms with Gasteiger partial charge in [-0.2, -0.15) is 0 Å². The Labute approximate surface area is 154 Å². The van der Waals surface area contributed by atoms with Crippen molar-refractivity contribution in [2.75, 3.05) is 5.32 Å². The minimum Gasteiger partial charge on any atom is -0.348 e. The second kappa shape index (κ2) is 7.66. The molecule has 0 saturated carbocycles. The number of pyridine rings is 1. The number of hydrogen-bond acceptors (Lipinski definition) is 5. The van der Waals surface area contributed by atoms with Crippen molar-refractivity contribution in [3.05, 3.63) is 69.3 Å². The number of aromatic nitrogens is 2. The van der Waals surface area contributed by atoms with Crippen LogP contribution in [0.4, 0.5) is 19.7 Å². The summed E-state index contributed by atoms with van der Waals surface area (Å²) in [5, 5.41) is 8.03. The Morgan fingerprint density at radius 2 is 2.08 bits per heavy atom. The Morgan fingerprint density at radius 1 is 1.24 bits per heavy atom. The largest absolute Gasteiger partial charge is 0.348 e. The summed E-state index contributed by atoms with van der Waals surface area (Å²) in [5.74, 6) is -1.92. The topological polar surface area (TPSA) is 66.9 Å². The van der Waals surface area contributed by atoms with Gasteiger partial charge >= 0.3 is 0 Å². The standard InChI is InChI=1S/C16H11BrF2N4OS/c17-13-8-25-16(22-13)23-14-10(2-1-5-20-14)15(24)21-7-9-3-4-11(18)12(19)6-9/h1-6,8H,7H2,(H,21,24)(H,20,22,23). The third-order valence-electron chi connectivity index (χ3n) is 3.19. The van der Waals surface area contributed by atoms with Gasteiger partial charge in [-0.15, -0.1) is 11.3 Å². The maximum absolute atomic E-state index is 13.2. The molecule has 2 N–H and O–H groups in total. The number of halogens is 3. The Hall–Kier alpha value is -2.39. The third kappa shape index (κ3) is 4.37. The fourth-order valence-electron chi connectivity index (χ4n) is 2.03. The molecule has 0 unspecified atom stereocenters. The predicted octanol–water partition coefficient (Wildman–Crippen LogP) is 4.25. The van der Waals surface area contributed by atoms with E-state index < -0.39 is 17.5 Å². The van der Waals surface area contributed by atoms with Crippen LogP contribution in [0.3, 0.4) is 0 Å². The number of rotatable bonds is 5. The van der Waals surface area contributed by atoms with Crippen LogP contribution in [0.5, 0.6) is 0 Å². The van der Waals surface area contributed by atoms with Crippen LogP contribution in [0.25, 0.3) is 0 Å². The lowest BCUT2D eigenvalue weighted by Gasteiger charge is -2.10. The number of carbonyl (C=O) groups excluding carboxylic acids is 1. The molecule has 128 valence electrons. The van der Waals surface area contributed by atoms with Gasteiger partial charge in [-0.25, -0.2) is 18.7 Å². The van der Waals surface area contributed by atoms with Gasteiger partial charge in [-0.05, 0) is 45.8 Å². The number of benzene rings is 1. The lowest BCUT2D eigenvalue weighted by atomic mass is 10.2. The number of hydrogen-bond donors (Lipinski definition) is 2. The molecular weight excluding hydrogens is 414 g/mol. The number of nitrogens with one attached hydrogen (secondary N) is 2. The van der Waals surface area contributed by atoms with Gasteiger partial charge in [0, 0.05) is 18.1 Å². The molecule has 1 aromatic carbocycles. The average Bonchev–Trinajstić information content (AvgIpc) is 3.01. The molecule has 5 nitrogen and oxygen atoms in total. The van der Waals surface area contributed by atoms with Gasteiger partial charge in [0.25, 0.3) is 5.91 Å². The van der Waals surface area contributed by atoms with E-state index in [0.717, 1.165) is 12.1 Å². The number of carbonyl (C=O) groups is 1. The van der Waals surface area contributed by atoms with Crippen molar-refractivity contribution in [1.82, 2.24) is 15.3 Å². The Bertz CT molecular complexity index is 919. The normalized spacial score (nSPS) is 10.5. The lowest BCUT2D eigenvalue weighted by Crippen LogP contribution is -2.24. The van der Waals surface area contributed by atoms with E-state index in [4.69, 9.17) is 0 Å². The molecule has 0 fully saturated rings. The summed E-state index contributed by atoms with van der Waals surface area (Å²) in [5.41, 5.74) is 0.769. The molecule has 0 aliphatic heterocycles. The molecular formula is C16H11BrF2N4OS. The Morgan fingerprint density at radius 3 is 2.80 bits per heavy atom. The van der Waals surface area contributed by atoms with Gasteiger partial charge in [0.15, 0.2) is 16.8 Å². The molecule has 0 bridgehead atoms. The zero-order chi connectivity index (χ0) is 17.8. The molecule has 0 saturated heterocycles. The van der Waals surface area contributed by atoms with E-state index in [9.17, 15) is 13.6 Å². The molecule has 0 spiro atoms. The smallest absolute Gasteiger partial charge is 0.255 e. The van der Waals surface area contributed by atoms with E-state index in [1.807, 2.05) is 0 Å². The van der Waals surface area contributed by atoms with Crippen LogP contribution in [0.2, 0.25) is 0 Å². The van der Waals surface area contributed by atoms with E-state index >= 15 is 0 Å². The van der Waals surface area contributed by atoms with Crippen molar-refractivity contribution in [3.8, 4) is 0 Å². The third-order valence-corrected chi connectivity index (χ3v) is 4.66. The second-order valence-corrected chi connectivity index (χ2v) is 6.60. The minimum absolute atomic E-state index is 0.0627. The maximum atomic E-state index is 13.2. The van der Waals surface area contributed by atoms with Crippen molar-refractivity contribution in [1.29, 1.82) is 0 Å². The zero-order valence-corrected chi connectivity index (χ0v) is 15.0. The van der Waals surface area contributed by atoms with E-state index in [2.05, 4.69) is 36.5 Å². The quantitative estimate of drug-likeness (QED) is 0.642. The highest BCUT2D eigenvalue weighted by molar-refractivity contribution is 9.10. The van der Waals surface area contributed by atoms with Crippen LogP contribution in [0, 0.1) is 11.6 Å². The van der Waals surface area contributed by atoms with Crippen LogP contribution in [0.15, 0.2) is 46.5 Å². The first-order valence-electron chi connectivity index (χ1n) is 7.08. The summed E-state index contributed by atoms with van der Waals surface area (Å²) >= 11 is 4.62. The first kappa shape index (κ1) is 17.4. The molecule has 3 aromatic rings. The summed E-state index contributed by atoms with van der Waals surface area (Å²) in [6.07, 6.45) is 1.55. The van der Waals surface area contributed by atoms with Gasteiger partial charge in [-0.3, -0.25) is 4.79 Å². The maximum Gasteiger partial charge on any atom is 0.255 e. The van der Waals surface area contributed by atoms with Crippen molar-refractivity contribution in [2.45, 2.75) is 6.54 Å². The molecule has 2 aromatic heterocycles. The van der Waals surface area contributed by atoms with Crippen molar-refractivity contribution in [3.63, 3.8) is 0 Å². The molecule has 2 heterocycles. The summed E-state index contributed by atoms with van der Waals surface area (Å²) < 4.78 is 26.8. The number of anilines is 2. The molecule has 25 heavy (non-hydrogen) atoms. The van der Waals surface area contributed by atoms with E-state index in [1.165, 1.54) is 17.4 Å². The molecule has 0 aliphatic carbocycles. The highest BCUT2D eigenvalue weighted by Gasteiger charge is 2.14. The van der Waals surface area contributed by atoms with Gasteiger partial charge in [-0.1, -0.05) is 6.07 Å². The minimum atomic E-state index is -0.954. The highest BCUT2D eigenvalue weighted by Crippen LogP contribution is 2.24. The van der Waals surface area contributed by atoms with E-state index in [-0.39, 0.29) is 6.54 Å². The monoisotopic (exact) mass is 424 g/mol.